The van der Waals surface area contributed by atoms with Crippen molar-refractivity contribution in [2.75, 3.05) is 5.32 Å². The molecule has 0 aliphatic carbocycles. The molecule has 1 heterocycles. The van der Waals surface area contributed by atoms with Crippen LogP contribution < -0.4 is 10.9 Å². The zero-order valence-electron chi connectivity index (χ0n) is 13.2. The molecule has 0 saturated heterocycles. The normalized spacial score (nSPS) is 10.5. The lowest BCUT2D eigenvalue weighted by Crippen LogP contribution is -2.26. The van der Waals surface area contributed by atoms with Gasteiger partial charge in [0, 0.05) is 18.3 Å². The minimum Gasteiger partial charge on any atom is -0.320 e. The molecule has 1 aromatic carbocycles. The van der Waals surface area contributed by atoms with Gasteiger partial charge in [0.15, 0.2) is 0 Å². The lowest BCUT2D eigenvalue weighted by Gasteiger charge is -2.11. The number of para-hydroxylation sites is 1. The van der Waals surface area contributed by atoms with E-state index in [4.69, 9.17) is 0 Å². The number of amides is 1. The highest BCUT2D eigenvalue weighted by molar-refractivity contribution is 6.03. The summed E-state index contributed by atoms with van der Waals surface area (Å²) in [4.78, 5) is 24.1. The second-order valence-electron chi connectivity index (χ2n) is 5.35. The van der Waals surface area contributed by atoms with Gasteiger partial charge in [0.2, 0.25) is 0 Å². The molecule has 0 radical (unpaired) electrons. The molecule has 2 rings (SSSR count). The summed E-state index contributed by atoms with van der Waals surface area (Å²) in [5.74, 6) is -0.303. The maximum absolute atomic E-state index is 12.4. The molecule has 5 nitrogen and oxygen atoms in total. The molecule has 1 aromatic heterocycles. The smallest absolute Gasteiger partial charge is 0.276 e. The quantitative estimate of drug-likeness (QED) is 0.923. The number of carbonyl (C=O) groups is 1. The van der Waals surface area contributed by atoms with Crippen LogP contribution in [0.5, 0.6) is 0 Å². The molecule has 2 aromatic rings. The van der Waals surface area contributed by atoms with Gasteiger partial charge in [-0.3, -0.25) is 9.59 Å². The zero-order valence-corrected chi connectivity index (χ0v) is 13.2. The summed E-state index contributed by atoms with van der Waals surface area (Å²) in [6.07, 6.45) is 1.82. The first-order chi connectivity index (χ1) is 10.5. The van der Waals surface area contributed by atoms with Gasteiger partial charge in [-0.1, -0.05) is 31.5 Å². The Kier molecular flexibility index (Phi) is 5.09. The standard InChI is InChI=1S/C17H21N3O2/c1-4-5-11-20-15(21)10-9-14(19-20)17(22)18-16-12(2)7-6-8-13(16)3/h6-10H,4-5,11H2,1-3H3,(H,18,22). The van der Waals surface area contributed by atoms with Crippen LogP contribution in [0.3, 0.4) is 0 Å². The second-order valence-corrected chi connectivity index (χ2v) is 5.35. The van der Waals surface area contributed by atoms with Gasteiger partial charge >= 0.3 is 0 Å². The second kappa shape index (κ2) is 7.02. The average Bonchev–Trinajstić information content (AvgIpc) is 2.50. The third kappa shape index (κ3) is 3.61. The molecule has 0 unspecified atom stereocenters. The third-order valence-electron chi connectivity index (χ3n) is 3.54. The molecule has 0 saturated carbocycles. The maximum atomic E-state index is 12.4. The van der Waals surface area contributed by atoms with Gasteiger partial charge in [0.05, 0.1) is 0 Å². The molecule has 0 aliphatic heterocycles. The van der Waals surface area contributed by atoms with Gasteiger partial charge in [0.25, 0.3) is 11.5 Å². The lowest BCUT2D eigenvalue weighted by molar-refractivity contribution is 0.101. The highest BCUT2D eigenvalue weighted by atomic mass is 16.2. The van der Waals surface area contributed by atoms with Crippen LogP contribution in [0.15, 0.2) is 35.1 Å². The van der Waals surface area contributed by atoms with E-state index >= 15 is 0 Å². The number of nitrogens with zero attached hydrogens (tertiary/aromatic N) is 2. The Balaban J connectivity index is 2.24. The number of rotatable bonds is 5. The Morgan fingerprint density at radius 3 is 2.50 bits per heavy atom. The highest BCUT2D eigenvalue weighted by Crippen LogP contribution is 2.19. The van der Waals surface area contributed by atoms with Crippen LogP contribution in [0.2, 0.25) is 0 Å². The first-order valence-electron chi connectivity index (χ1n) is 7.48. The number of benzene rings is 1. The Morgan fingerprint density at radius 2 is 1.86 bits per heavy atom. The Labute approximate surface area is 130 Å². The summed E-state index contributed by atoms with van der Waals surface area (Å²) in [6, 6.07) is 8.69. The van der Waals surface area contributed by atoms with Crippen molar-refractivity contribution >= 4 is 11.6 Å². The van der Waals surface area contributed by atoms with E-state index in [0.29, 0.717) is 6.54 Å². The van der Waals surface area contributed by atoms with Crippen molar-refractivity contribution in [2.24, 2.45) is 0 Å². The van der Waals surface area contributed by atoms with Gasteiger partial charge in [-0.05, 0) is 37.5 Å². The number of carbonyl (C=O) groups excluding carboxylic acids is 1. The predicted molar refractivity (Wildman–Crippen MR) is 87.3 cm³/mol. The van der Waals surface area contributed by atoms with E-state index in [0.717, 1.165) is 29.7 Å². The van der Waals surface area contributed by atoms with Crippen molar-refractivity contribution in [1.82, 2.24) is 9.78 Å². The van der Waals surface area contributed by atoms with Crippen LogP contribution in [-0.2, 0) is 6.54 Å². The maximum Gasteiger partial charge on any atom is 0.276 e. The lowest BCUT2D eigenvalue weighted by atomic mass is 10.1. The fraction of sp³-hybridized carbons (Fsp3) is 0.353. The average molecular weight is 299 g/mol. The van der Waals surface area contributed by atoms with Crippen LogP contribution in [0.4, 0.5) is 5.69 Å². The van der Waals surface area contributed by atoms with Crippen LogP contribution >= 0.6 is 0 Å². The number of anilines is 1. The Morgan fingerprint density at radius 1 is 1.18 bits per heavy atom. The molecule has 5 heteroatoms. The van der Waals surface area contributed by atoms with E-state index < -0.39 is 0 Å². The number of aryl methyl sites for hydroxylation is 3. The van der Waals surface area contributed by atoms with Crippen LogP contribution in [0, 0.1) is 13.8 Å². The Bertz CT molecular complexity index is 715. The molecular formula is C17H21N3O2. The number of aromatic nitrogens is 2. The SMILES string of the molecule is CCCCn1nc(C(=O)Nc2c(C)cccc2C)ccc1=O. The predicted octanol–water partition coefficient (Wildman–Crippen LogP) is 2.91. The van der Waals surface area contributed by atoms with Crippen molar-refractivity contribution in [1.29, 1.82) is 0 Å². The minimum absolute atomic E-state index is 0.183. The molecule has 1 amide bonds. The summed E-state index contributed by atoms with van der Waals surface area (Å²) in [6.45, 7) is 6.46. The molecule has 0 aliphatic rings. The van der Waals surface area contributed by atoms with Gasteiger partial charge in [-0.15, -0.1) is 0 Å². The first-order valence-corrected chi connectivity index (χ1v) is 7.48. The van der Waals surface area contributed by atoms with E-state index in [1.807, 2.05) is 39.0 Å². The van der Waals surface area contributed by atoms with E-state index in [1.165, 1.54) is 16.8 Å². The van der Waals surface area contributed by atoms with Crippen molar-refractivity contribution in [3.8, 4) is 0 Å². The Hall–Kier alpha value is -2.43. The summed E-state index contributed by atoms with van der Waals surface area (Å²) >= 11 is 0. The van der Waals surface area contributed by atoms with Gasteiger partial charge in [0.1, 0.15) is 5.69 Å². The van der Waals surface area contributed by atoms with Crippen molar-refractivity contribution in [3.63, 3.8) is 0 Å². The number of unbranched alkanes of at least 4 members (excludes halogenated alkanes) is 1. The van der Waals surface area contributed by atoms with Gasteiger partial charge < -0.3 is 5.32 Å². The molecule has 0 fully saturated rings. The van der Waals surface area contributed by atoms with Crippen molar-refractivity contribution in [2.45, 2.75) is 40.2 Å². The van der Waals surface area contributed by atoms with E-state index in [9.17, 15) is 9.59 Å². The number of hydrogen-bond donors (Lipinski definition) is 1. The summed E-state index contributed by atoms with van der Waals surface area (Å²) < 4.78 is 1.35. The van der Waals surface area contributed by atoms with Gasteiger partial charge in [-0.2, -0.15) is 5.10 Å². The third-order valence-corrected chi connectivity index (χ3v) is 3.54. The molecule has 0 spiro atoms. The minimum atomic E-state index is -0.303. The largest absolute Gasteiger partial charge is 0.320 e. The number of nitrogens with one attached hydrogen (secondary N) is 1. The summed E-state index contributed by atoms with van der Waals surface area (Å²) in [5, 5.41) is 7.04. The molecular weight excluding hydrogens is 278 g/mol. The van der Waals surface area contributed by atoms with Crippen LogP contribution in [0.1, 0.15) is 41.4 Å². The topological polar surface area (TPSA) is 64.0 Å². The summed E-state index contributed by atoms with van der Waals surface area (Å²) in [7, 11) is 0. The molecule has 0 bridgehead atoms. The zero-order chi connectivity index (χ0) is 16.1. The van der Waals surface area contributed by atoms with Crippen molar-refractivity contribution < 1.29 is 4.79 Å². The van der Waals surface area contributed by atoms with E-state index in [1.54, 1.807) is 0 Å². The van der Waals surface area contributed by atoms with E-state index in [-0.39, 0.29) is 17.2 Å². The number of hydrogen-bond acceptors (Lipinski definition) is 3. The molecule has 22 heavy (non-hydrogen) atoms. The van der Waals surface area contributed by atoms with E-state index in [2.05, 4.69) is 10.4 Å². The fourth-order valence-corrected chi connectivity index (χ4v) is 2.23. The monoisotopic (exact) mass is 299 g/mol. The summed E-state index contributed by atoms with van der Waals surface area (Å²) in [5.41, 5.74) is 2.84. The molecule has 116 valence electrons. The van der Waals surface area contributed by atoms with Crippen LogP contribution in [-0.4, -0.2) is 15.7 Å². The molecule has 1 N–H and O–H groups in total. The van der Waals surface area contributed by atoms with Crippen molar-refractivity contribution in [3.05, 3.63) is 57.5 Å². The fourth-order valence-electron chi connectivity index (χ4n) is 2.23. The highest BCUT2D eigenvalue weighted by Gasteiger charge is 2.12. The molecule has 0 atom stereocenters. The first kappa shape index (κ1) is 15.9. The van der Waals surface area contributed by atoms with Crippen LogP contribution in [0.25, 0.3) is 0 Å². The van der Waals surface area contributed by atoms with Gasteiger partial charge in [-0.25, -0.2) is 4.68 Å².